The zero-order valence-corrected chi connectivity index (χ0v) is 18.7. The molecule has 6 heteroatoms. The van der Waals surface area contributed by atoms with E-state index >= 15 is 0 Å². The van der Waals surface area contributed by atoms with Gasteiger partial charge < -0.3 is 15.0 Å². The predicted octanol–water partition coefficient (Wildman–Crippen LogP) is 4.83. The lowest BCUT2D eigenvalue weighted by Crippen LogP contribution is -2.50. The van der Waals surface area contributed by atoms with E-state index in [1.54, 1.807) is 11.0 Å². The monoisotopic (exact) mass is 430 g/mol. The molecule has 2 rings (SSSR count). The first-order valence-electron chi connectivity index (χ1n) is 10.4. The molecular weight excluding hydrogens is 400 g/mol. The van der Waals surface area contributed by atoms with Crippen LogP contribution in [0.15, 0.2) is 54.6 Å². The van der Waals surface area contributed by atoms with Crippen LogP contribution in [0.4, 0.5) is 0 Å². The lowest BCUT2D eigenvalue weighted by Gasteiger charge is -2.31. The fourth-order valence-corrected chi connectivity index (χ4v) is 3.38. The highest BCUT2D eigenvalue weighted by molar-refractivity contribution is 6.31. The van der Waals surface area contributed by atoms with E-state index in [0.29, 0.717) is 37.4 Å². The molecule has 1 atom stereocenters. The highest BCUT2D eigenvalue weighted by atomic mass is 35.5. The van der Waals surface area contributed by atoms with Gasteiger partial charge in [-0.05, 0) is 50.5 Å². The maximum absolute atomic E-state index is 13.1. The summed E-state index contributed by atoms with van der Waals surface area (Å²) in [5, 5.41) is 3.51. The van der Waals surface area contributed by atoms with Crippen LogP contribution in [0.1, 0.15) is 45.6 Å². The van der Waals surface area contributed by atoms with Crippen LogP contribution in [0.5, 0.6) is 5.75 Å². The van der Waals surface area contributed by atoms with Crippen molar-refractivity contribution in [2.45, 2.75) is 58.7 Å². The van der Waals surface area contributed by atoms with Crippen molar-refractivity contribution in [2.24, 2.45) is 0 Å². The van der Waals surface area contributed by atoms with Crippen molar-refractivity contribution in [3.63, 3.8) is 0 Å². The third-order valence-electron chi connectivity index (χ3n) is 4.66. The molecule has 0 aromatic heterocycles. The summed E-state index contributed by atoms with van der Waals surface area (Å²) in [6, 6.07) is 16.4. The summed E-state index contributed by atoms with van der Waals surface area (Å²) in [6.07, 6.45) is 1.38. The van der Waals surface area contributed by atoms with Gasteiger partial charge in [0.1, 0.15) is 11.8 Å². The number of para-hydroxylation sites is 1. The summed E-state index contributed by atoms with van der Waals surface area (Å²) in [4.78, 5) is 27.5. The number of ether oxygens (including phenoxy) is 1. The number of amides is 2. The fraction of sp³-hybridized carbons (Fsp3) is 0.417. The number of nitrogens with one attached hydrogen (secondary N) is 1. The Kier molecular flexibility index (Phi) is 9.68. The third-order valence-corrected chi connectivity index (χ3v) is 5.03. The Morgan fingerprint density at radius 2 is 1.73 bits per heavy atom. The Morgan fingerprint density at radius 3 is 2.37 bits per heavy atom. The Labute approximate surface area is 184 Å². The van der Waals surface area contributed by atoms with Crippen LogP contribution in [0.25, 0.3) is 0 Å². The van der Waals surface area contributed by atoms with Crippen LogP contribution in [0.3, 0.4) is 0 Å². The van der Waals surface area contributed by atoms with Gasteiger partial charge in [-0.1, -0.05) is 54.9 Å². The molecule has 5 nitrogen and oxygen atoms in total. The lowest BCUT2D eigenvalue weighted by molar-refractivity contribution is -0.141. The van der Waals surface area contributed by atoms with Gasteiger partial charge in [0.15, 0.2) is 0 Å². The second-order valence-corrected chi connectivity index (χ2v) is 7.87. The van der Waals surface area contributed by atoms with Crippen molar-refractivity contribution in [2.75, 3.05) is 6.61 Å². The molecule has 2 aromatic rings. The van der Waals surface area contributed by atoms with Gasteiger partial charge in [-0.15, -0.1) is 0 Å². The number of halogens is 1. The summed E-state index contributed by atoms with van der Waals surface area (Å²) >= 11 is 6.32. The van der Waals surface area contributed by atoms with Crippen molar-refractivity contribution in [1.82, 2.24) is 10.2 Å². The number of carbonyl (C=O) groups is 2. The molecule has 0 spiro atoms. The summed E-state index contributed by atoms with van der Waals surface area (Å²) in [5.74, 6) is 0.548. The van der Waals surface area contributed by atoms with Crippen molar-refractivity contribution in [3.8, 4) is 5.75 Å². The first-order chi connectivity index (χ1) is 14.4. The summed E-state index contributed by atoms with van der Waals surface area (Å²) in [5.41, 5.74) is 0.823. The van der Waals surface area contributed by atoms with Crippen LogP contribution >= 0.6 is 11.6 Å². The zero-order chi connectivity index (χ0) is 21.9. The van der Waals surface area contributed by atoms with Gasteiger partial charge >= 0.3 is 0 Å². The van der Waals surface area contributed by atoms with E-state index in [1.165, 1.54) is 0 Å². The minimum absolute atomic E-state index is 0.00286. The first kappa shape index (κ1) is 23.7. The number of benzene rings is 2. The zero-order valence-electron chi connectivity index (χ0n) is 17.9. The van der Waals surface area contributed by atoms with Crippen molar-refractivity contribution in [3.05, 3.63) is 65.2 Å². The van der Waals surface area contributed by atoms with Crippen LogP contribution in [0.2, 0.25) is 5.02 Å². The van der Waals surface area contributed by atoms with Gasteiger partial charge in [0.25, 0.3) is 0 Å². The predicted molar refractivity (Wildman–Crippen MR) is 121 cm³/mol. The van der Waals surface area contributed by atoms with Crippen molar-refractivity contribution >= 4 is 23.4 Å². The van der Waals surface area contributed by atoms with Crippen molar-refractivity contribution in [1.29, 1.82) is 0 Å². The molecule has 0 radical (unpaired) electrons. The Hall–Kier alpha value is -2.53. The molecule has 0 aliphatic rings. The van der Waals surface area contributed by atoms with E-state index in [4.69, 9.17) is 16.3 Å². The Balaban J connectivity index is 2.07. The average Bonchev–Trinajstić information content (AvgIpc) is 2.72. The number of rotatable bonds is 11. The minimum Gasteiger partial charge on any atom is -0.494 e. The molecule has 1 N–H and O–H groups in total. The molecule has 0 heterocycles. The number of carbonyl (C=O) groups excluding carboxylic acids is 2. The van der Waals surface area contributed by atoms with Gasteiger partial charge in [0.2, 0.25) is 11.8 Å². The summed E-state index contributed by atoms with van der Waals surface area (Å²) in [6.45, 7) is 6.46. The molecule has 0 saturated carbocycles. The molecule has 0 fully saturated rings. The molecule has 0 aliphatic carbocycles. The highest BCUT2D eigenvalue weighted by Crippen LogP contribution is 2.20. The second-order valence-electron chi connectivity index (χ2n) is 7.47. The molecule has 1 unspecified atom stereocenters. The van der Waals surface area contributed by atoms with Crippen LogP contribution in [-0.2, 0) is 16.1 Å². The van der Waals surface area contributed by atoms with Crippen molar-refractivity contribution < 1.29 is 14.3 Å². The van der Waals surface area contributed by atoms with Gasteiger partial charge in [-0.25, -0.2) is 0 Å². The molecule has 2 amide bonds. The Bertz CT molecular complexity index is 811. The molecular formula is C24H31ClN2O3. The molecule has 2 aromatic carbocycles. The molecule has 30 heavy (non-hydrogen) atoms. The normalized spacial score (nSPS) is 11.8. The Morgan fingerprint density at radius 1 is 1.07 bits per heavy atom. The quantitative estimate of drug-likeness (QED) is 0.519. The van der Waals surface area contributed by atoms with Crippen LogP contribution in [-0.4, -0.2) is 35.4 Å². The second kappa shape index (κ2) is 12.2. The number of nitrogens with zero attached hydrogens (tertiary/aromatic N) is 1. The number of hydrogen-bond acceptors (Lipinski definition) is 3. The molecule has 0 saturated heterocycles. The van der Waals surface area contributed by atoms with Crippen LogP contribution in [0, 0.1) is 0 Å². The van der Waals surface area contributed by atoms with Gasteiger partial charge in [0.05, 0.1) is 6.61 Å². The maximum Gasteiger partial charge on any atom is 0.243 e. The molecule has 162 valence electrons. The largest absolute Gasteiger partial charge is 0.494 e. The topological polar surface area (TPSA) is 58.6 Å². The minimum atomic E-state index is -0.550. The number of hydrogen-bond donors (Lipinski definition) is 1. The van der Waals surface area contributed by atoms with E-state index in [-0.39, 0.29) is 17.9 Å². The van der Waals surface area contributed by atoms with Crippen LogP contribution < -0.4 is 10.1 Å². The van der Waals surface area contributed by atoms with E-state index in [1.807, 2.05) is 69.3 Å². The summed E-state index contributed by atoms with van der Waals surface area (Å²) < 4.78 is 5.69. The average molecular weight is 431 g/mol. The van der Waals surface area contributed by atoms with E-state index in [9.17, 15) is 9.59 Å². The molecule has 0 bridgehead atoms. The van der Waals surface area contributed by atoms with E-state index < -0.39 is 6.04 Å². The van der Waals surface area contributed by atoms with Gasteiger partial charge in [-0.3, -0.25) is 9.59 Å². The first-order valence-corrected chi connectivity index (χ1v) is 10.8. The van der Waals surface area contributed by atoms with E-state index in [2.05, 4.69) is 5.32 Å². The SMILES string of the molecule is CCC(C(=O)NC(C)C)N(Cc1ccccc1Cl)C(=O)CCCOc1ccccc1. The summed E-state index contributed by atoms with van der Waals surface area (Å²) in [7, 11) is 0. The third kappa shape index (κ3) is 7.38. The smallest absolute Gasteiger partial charge is 0.243 e. The molecule has 0 aliphatic heterocycles. The highest BCUT2D eigenvalue weighted by Gasteiger charge is 2.29. The maximum atomic E-state index is 13.1. The van der Waals surface area contributed by atoms with E-state index in [0.717, 1.165) is 11.3 Å². The fourth-order valence-electron chi connectivity index (χ4n) is 3.18. The standard InChI is InChI=1S/C24H31ClN2O3/c1-4-22(24(29)26-18(2)3)27(17-19-11-8-9-14-21(19)25)23(28)15-10-16-30-20-12-6-5-7-13-20/h5-9,11-14,18,22H,4,10,15-17H2,1-3H3,(H,26,29). The lowest BCUT2D eigenvalue weighted by atomic mass is 10.1. The van der Waals surface area contributed by atoms with Gasteiger partial charge in [0, 0.05) is 24.0 Å². The van der Waals surface area contributed by atoms with Gasteiger partial charge in [-0.2, -0.15) is 0 Å².